The highest BCUT2D eigenvalue weighted by atomic mass is 16.1. The van der Waals surface area contributed by atoms with Gasteiger partial charge in [-0.1, -0.05) is 26.7 Å². The summed E-state index contributed by atoms with van der Waals surface area (Å²) in [7, 11) is 0. The molecule has 1 heterocycles. The summed E-state index contributed by atoms with van der Waals surface area (Å²) in [6.45, 7) is 6.55. The molecule has 0 spiro atoms. The van der Waals surface area contributed by atoms with Crippen LogP contribution in [0.25, 0.3) is 0 Å². The van der Waals surface area contributed by atoms with E-state index in [2.05, 4.69) is 18.7 Å². The van der Waals surface area contributed by atoms with Gasteiger partial charge in [-0.3, -0.25) is 9.69 Å². The predicted octanol–water partition coefficient (Wildman–Crippen LogP) is 3.01. The van der Waals surface area contributed by atoms with Gasteiger partial charge >= 0.3 is 0 Å². The lowest BCUT2D eigenvalue weighted by molar-refractivity contribution is -0.125. The van der Waals surface area contributed by atoms with E-state index in [1.165, 1.54) is 19.3 Å². The second-order valence-electron chi connectivity index (χ2n) is 4.62. The maximum atomic E-state index is 12.0. The lowest BCUT2D eigenvalue weighted by Crippen LogP contribution is -2.44. The van der Waals surface area contributed by atoms with Crippen LogP contribution in [0.2, 0.25) is 0 Å². The lowest BCUT2D eigenvalue weighted by Gasteiger charge is -2.33. The minimum Gasteiger partial charge on any atom is -0.298 e. The van der Waals surface area contributed by atoms with Crippen molar-refractivity contribution in [3.63, 3.8) is 0 Å². The smallest absolute Gasteiger partial charge is 0.149 e. The van der Waals surface area contributed by atoms with E-state index in [0.717, 1.165) is 38.8 Å². The van der Waals surface area contributed by atoms with Crippen LogP contribution in [0.1, 0.15) is 58.8 Å². The van der Waals surface area contributed by atoms with E-state index in [9.17, 15) is 4.79 Å². The Hall–Kier alpha value is -0.370. The number of hydrogen-bond acceptors (Lipinski definition) is 2. The van der Waals surface area contributed by atoms with Gasteiger partial charge < -0.3 is 0 Å². The fourth-order valence-corrected chi connectivity index (χ4v) is 2.46. The Bertz CT molecular complexity index is 185. The second-order valence-corrected chi connectivity index (χ2v) is 4.62. The fourth-order valence-electron chi connectivity index (χ4n) is 2.46. The van der Waals surface area contributed by atoms with E-state index in [1.807, 2.05) is 0 Å². The number of nitrogens with zero attached hydrogens (tertiary/aromatic N) is 1. The summed E-state index contributed by atoms with van der Waals surface area (Å²) in [6, 6.07) is 0.232. The molecule has 1 saturated heterocycles. The number of ketones is 1. The van der Waals surface area contributed by atoms with Crippen LogP contribution in [-0.4, -0.2) is 29.8 Å². The molecule has 1 atom stereocenters. The van der Waals surface area contributed by atoms with Crippen LogP contribution in [0.15, 0.2) is 0 Å². The van der Waals surface area contributed by atoms with Crippen molar-refractivity contribution in [1.82, 2.24) is 4.90 Å². The fraction of sp³-hybridized carbons (Fsp3) is 0.923. The average Bonchev–Trinajstić information content (AvgIpc) is 2.27. The van der Waals surface area contributed by atoms with Crippen molar-refractivity contribution in [2.24, 2.45) is 0 Å². The van der Waals surface area contributed by atoms with Crippen molar-refractivity contribution in [3.8, 4) is 0 Å². The first kappa shape index (κ1) is 12.7. The summed E-state index contributed by atoms with van der Waals surface area (Å²) < 4.78 is 0. The third-order valence-corrected chi connectivity index (χ3v) is 3.26. The Morgan fingerprint density at radius 3 is 2.33 bits per heavy atom. The third-order valence-electron chi connectivity index (χ3n) is 3.26. The molecule has 2 heteroatoms. The summed E-state index contributed by atoms with van der Waals surface area (Å²) in [4.78, 5) is 14.4. The molecule has 0 bridgehead atoms. The molecule has 1 fully saturated rings. The molecule has 0 aromatic heterocycles. The minimum atomic E-state index is 0.232. The molecule has 15 heavy (non-hydrogen) atoms. The van der Waals surface area contributed by atoms with Crippen LogP contribution in [0.3, 0.4) is 0 Å². The molecule has 0 radical (unpaired) electrons. The Morgan fingerprint density at radius 2 is 1.80 bits per heavy atom. The van der Waals surface area contributed by atoms with Crippen molar-refractivity contribution >= 4 is 5.78 Å². The molecule has 88 valence electrons. The van der Waals surface area contributed by atoms with Gasteiger partial charge in [-0.2, -0.15) is 0 Å². The van der Waals surface area contributed by atoms with Crippen LogP contribution >= 0.6 is 0 Å². The number of piperidine rings is 1. The molecule has 2 nitrogen and oxygen atoms in total. The van der Waals surface area contributed by atoms with Crippen LogP contribution in [0, 0.1) is 0 Å². The molecule has 0 aromatic rings. The normalized spacial score (nSPS) is 20.1. The minimum absolute atomic E-state index is 0.232. The number of carbonyl (C=O) groups is 1. The molecular weight excluding hydrogens is 186 g/mol. The number of hydrogen-bond donors (Lipinski definition) is 0. The van der Waals surface area contributed by atoms with E-state index in [0.29, 0.717) is 5.78 Å². The average molecular weight is 211 g/mol. The highest BCUT2D eigenvalue weighted by Gasteiger charge is 2.25. The lowest BCUT2D eigenvalue weighted by atomic mass is 9.99. The zero-order valence-corrected chi connectivity index (χ0v) is 10.3. The Labute approximate surface area is 94.0 Å². The van der Waals surface area contributed by atoms with Crippen LogP contribution in [-0.2, 0) is 4.79 Å². The van der Waals surface area contributed by atoms with Gasteiger partial charge in [-0.25, -0.2) is 0 Å². The predicted molar refractivity (Wildman–Crippen MR) is 64.0 cm³/mol. The van der Waals surface area contributed by atoms with Gasteiger partial charge in [0.1, 0.15) is 5.78 Å². The zero-order valence-electron chi connectivity index (χ0n) is 10.3. The highest BCUT2D eigenvalue weighted by molar-refractivity contribution is 5.83. The van der Waals surface area contributed by atoms with Gasteiger partial charge in [0, 0.05) is 6.42 Å². The van der Waals surface area contributed by atoms with Crippen LogP contribution < -0.4 is 0 Å². The zero-order chi connectivity index (χ0) is 11.1. The first-order valence-electron chi connectivity index (χ1n) is 6.56. The second kappa shape index (κ2) is 7.00. The summed E-state index contributed by atoms with van der Waals surface area (Å²) in [5.74, 6) is 0.473. The van der Waals surface area contributed by atoms with Crippen molar-refractivity contribution in [2.45, 2.75) is 64.8 Å². The Kier molecular flexibility index (Phi) is 5.92. The molecule has 0 N–H and O–H groups in total. The van der Waals surface area contributed by atoms with E-state index in [-0.39, 0.29) is 6.04 Å². The highest BCUT2D eigenvalue weighted by Crippen LogP contribution is 2.17. The number of carbonyl (C=O) groups excluding carboxylic acids is 1. The van der Waals surface area contributed by atoms with Gasteiger partial charge in [0.15, 0.2) is 0 Å². The van der Waals surface area contributed by atoms with Crippen molar-refractivity contribution < 1.29 is 4.79 Å². The van der Waals surface area contributed by atoms with E-state index >= 15 is 0 Å². The number of likely N-dealkylation sites (tertiary alicyclic amines) is 1. The van der Waals surface area contributed by atoms with E-state index in [4.69, 9.17) is 0 Å². The van der Waals surface area contributed by atoms with Gasteiger partial charge in [-0.15, -0.1) is 0 Å². The van der Waals surface area contributed by atoms with Gasteiger partial charge in [0.2, 0.25) is 0 Å². The molecular formula is C13H25NO. The molecule has 1 aliphatic rings. The van der Waals surface area contributed by atoms with E-state index in [1.54, 1.807) is 0 Å². The first-order valence-corrected chi connectivity index (χ1v) is 6.56. The number of rotatable bonds is 6. The van der Waals surface area contributed by atoms with Crippen molar-refractivity contribution in [1.29, 1.82) is 0 Å². The van der Waals surface area contributed by atoms with Gasteiger partial charge in [0.25, 0.3) is 0 Å². The summed E-state index contributed by atoms with van der Waals surface area (Å²) >= 11 is 0. The first-order chi connectivity index (χ1) is 7.29. The maximum Gasteiger partial charge on any atom is 0.149 e. The number of Topliss-reactive ketones (excluding diaryl/α,β-unsaturated/α-hetero) is 1. The van der Waals surface area contributed by atoms with Gasteiger partial charge in [-0.05, 0) is 38.8 Å². The largest absolute Gasteiger partial charge is 0.298 e. The van der Waals surface area contributed by atoms with Gasteiger partial charge in [0.05, 0.1) is 6.04 Å². The van der Waals surface area contributed by atoms with Crippen molar-refractivity contribution in [3.05, 3.63) is 0 Å². The van der Waals surface area contributed by atoms with Crippen LogP contribution in [0.5, 0.6) is 0 Å². The molecule has 0 saturated carbocycles. The quantitative estimate of drug-likeness (QED) is 0.673. The molecule has 0 aliphatic carbocycles. The molecule has 0 amide bonds. The third kappa shape index (κ3) is 3.94. The van der Waals surface area contributed by atoms with Crippen molar-refractivity contribution in [2.75, 3.05) is 13.1 Å². The summed E-state index contributed by atoms with van der Waals surface area (Å²) in [5.41, 5.74) is 0. The monoisotopic (exact) mass is 211 g/mol. The SMILES string of the molecule is CCCC(=O)C(CCC)N1CCCCC1. The topological polar surface area (TPSA) is 20.3 Å². The van der Waals surface area contributed by atoms with E-state index < -0.39 is 0 Å². The molecule has 0 aromatic carbocycles. The standard InChI is InChI=1S/C13H25NO/c1-3-8-12(13(15)9-4-2)14-10-6-5-7-11-14/h12H,3-11H2,1-2H3. The summed E-state index contributed by atoms with van der Waals surface area (Å²) in [5, 5.41) is 0. The molecule has 1 rings (SSSR count). The Balaban J connectivity index is 2.50. The van der Waals surface area contributed by atoms with Crippen LogP contribution in [0.4, 0.5) is 0 Å². The maximum absolute atomic E-state index is 12.0. The Morgan fingerprint density at radius 1 is 1.13 bits per heavy atom. The molecule has 1 unspecified atom stereocenters. The summed E-state index contributed by atoms with van der Waals surface area (Å²) in [6.07, 6.45) is 7.83. The molecule has 1 aliphatic heterocycles.